The highest BCUT2D eigenvalue weighted by Crippen LogP contribution is 2.16. The van der Waals surface area contributed by atoms with Gasteiger partial charge in [0.2, 0.25) is 5.88 Å². The van der Waals surface area contributed by atoms with Crippen molar-refractivity contribution in [1.82, 2.24) is 15.0 Å². The maximum atomic E-state index is 5.10. The van der Waals surface area contributed by atoms with E-state index in [4.69, 9.17) is 4.74 Å². The van der Waals surface area contributed by atoms with Crippen LogP contribution >= 0.6 is 11.3 Å². The lowest BCUT2D eigenvalue weighted by Gasteiger charge is -2.07. The largest absolute Gasteiger partial charge is 0.481 e. The van der Waals surface area contributed by atoms with E-state index in [1.54, 1.807) is 24.5 Å². The van der Waals surface area contributed by atoms with Crippen molar-refractivity contribution in [1.29, 1.82) is 0 Å². The molecule has 17 heavy (non-hydrogen) atoms. The molecule has 0 saturated heterocycles. The quantitative estimate of drug-likeness (QED) is 0.901. The molecule has 0 spiro atoms. The molecule has 2 heterocycles. The molecule has 0 aliphatic carbocycles. The number of hydrogen-bond acceptors (Lipinski definition) is 6. The van der Waals surface area contributed by atoms with Crippen molar-refractivity contribution < 1.29 is 4.74 Å². The van der Waals surface area contributed by atoms with Gasteiger partial charge in [0.05, 0.1) is 24.9 Å². The summed E-state index contributed by atoms with van der Waals surface area (Å²) in [5.74, 6) is 2.02. The van der Waals surface area contributed by atoms with Gasteiger partial charge in [-0.2, -0.15) is 4.98 Å². The van der Waals surface area contributed by atoms with Crippen molar-refractivity contribution in [3.8, 4) is 5.88 Å². The molecule has 0 radical (unpaired) electrons. The second-order valence-corrected chi connectivity index (χ2v) is 4.50. The predicted molar refractivity (Wildman–Crippen MR) is 67.5 cm³/mol. The van der Waals surface area contributed by atoms with Crippen LogP contribution in [-0.4, -0.2) is 22.1 Å². The van der Waals surface area contributed by atoms with Crippen molar-refractivity contribution in [2.75, 3.05) is 12.4 Å². The van der Waals surface area contributed by atoms with Gasteiger partial charge in [0.25, 0.3) is 0 Å². The Balaban J connectivity index is 2.09. The minimum atomic E-state index is 0.570. The third-order valence-electron chi connectivity index (χ3n) is 2.30. The summed E-state index contributed by atoms with van der Waals surface area (Å²) in [5.41, 5.74) is 2.90. The maximum Gasteiger partial charge on any atom is 0.218 e. The summed E-state index contributed by atoms with van der Waals surface area (Å²) in [6.45, 7) is 4.56. The third-order valence-corrected chi connectivity index (χ3v) is 3.23. The van der Waals surface area contributed by atoms with Crippen LogP contribution in [0, 0.1) is 13.8 Å². The fourth-order valence-electron chi connectivity index (χ4n) is 1.40. The van der Waals surface area contributed by atoms with Gasteiger partial charge in [0, 0.05) is 10.9 Å². The first-order valence-corrected chi connectivity index (χ1v) is 6.09. The summed E-state index contributed by atoms with van der Waals surface area (Å²) in [7, 11) is 1.60. The number of ether oxygens (including phenoxy) is 1. The third kappa shape index (κ3) is 2.91. The van der Waals surface area contributed by atoms with Gasteiger partial charge in [-0.15, -0.1) is 11.3 Å². The van der Waals surface area contributed by atoms with Crippen LogP contribution in [0.2, 0.25) is 0 Å². The highest BCUT2D eigenvalue weighted by molar-refractivity contribution is 7.09. The summed E-state index contributed by atoms with van der Waals surface area (Å²) < 4.78 is 5.10. The van der Waals surface area contributed by atoms with Crippen molar-refractivity contribution in [2.45, 2.75) is 20.4 Å². The van der Waals surface area contributed by atoms with E-state index in [9.17, 15) is 0 Å². The van der Waals surface area contributed by atoms with E-state index >= 15 is 0 Å². The lowest BCUT2D eigenvalue weighted by molar-refractivity contribution is 0.396. The number of anilines is 1. The zero-order valence-electron chi connectivity index (χ0n) is 10.0. The molecule has 2 aromatic rings. The predicted octanol–water partition coefficient (Wildman–Crippen LogP) is 2.17. The number of aromatic nitrogens is 3. The minimum absolute atomic E-state index is 0.570. The van der Waals surface area contributed by atoms with E-state index in [2.05, 4.69) is 20.3 Å². The average Bonchev–Trinajstić information content (AvgIpc) is 2.71. The monoisotopic (exact) mass is 250 g/mol. The smallest absolute Gasteiger partial charge is 0.218 e. The van der Waals surface area contributed by atoms with E-state index in [-0.39, 0.29) is 0 Å². The highest BCUT2D eigenvalue weighted by Gasteiger charge is 2.04. The molecule has 0 fully saturated rings. The first-order chi connectivity index (χ1) is 8.19. The number of aryl methyl sites for hydroxylation is 2. The summed E-state index contributed by atoms with van der Waals surface area (Å²) in [6.07, 6.45) is 0. The van der Waals surface area contributed by atoms with Crippen LogP contribution in [0.5, 0.6) is 5.88 Å². The number of hydrogen-bond donors (Lipinski definition) is 1. The zero-order valence-corrected chi connectivity index (χ0v) is 10.8. The van der Waals surface area contributed by atoms with Crippen LogP contribution in [0.3, 0.4) is 0 Å². The van der Waals surface area contributed by atoms with Crippen molar-refractivity contribution in [3.05, 3.63) is 28.0 Å². The number of rotatable bonds is 4. The molecule has 2 rings (SSSR count). The maximum absolute atomic E-state index is 5.10. The van der Waals surface area contributed by atoms with Gasteiger partial charge in [0.1, 0.15) is 11.6 Å². The van der Waals surface area contributed by atoms with Gasteiger partial charge >= 0.3 is 0 Å². The topological polar surface area (TPSA) is 59.9 Å². The van der Waals surface area contributed by atoms with Crippen molar-refractivity contribution in [2.24, 2.45) is 0 Å². The molecule has 1 N–H and O–H groups in total. The fourth-order valence-corrected chi connectivity index (χ4v) is 2.12. The Morgan fingerprint density at radius 3 is 2.82 bits per heavy atom. The van der Waals surface area contributed by atoms with Crippen LogP contribution in [0.4, 0.5) is 5.82 Å². The lowest BCUT2D eigenvalue weighted by Crippen LogP contribution is -2.03. The van der Waals surface area contributed by atoms with E-state index < -0.39 is 0 Å². The second kappa shape index (κ2) is 5.09. The molecule has 0 aromatic carbocycles. The first-order valence-electron chi connectivity index (χ1n) is 5.21. The van der Waals surface area contributed by atoms with Crippen LogP contribution in [0.25, 0.3) is 0 Å². The van der Waals surface area contributed by atoms with Gasteiger partial charge < -0.3 is 10.1 Å². The van der Waals surface area contributed by atoms with Crippen molar-refractivity contribution >= 4 is 17.2 Å². The van der Waals surface area contributed by atoms with Gasteiger partial charge in [-0.1, -0.05) is 0 Å². The molecule has 0 aliphatic heterocycles. The standard InChI is InChI=1S/C11H14N4OS/c1-7-9(17-6-13-7)5-12-10-4-11(16-3)15-8(2)14-10/h4,6H,5H2,1-3H3,(H,12,14,15). The molecular formula is C11H14N4OS. The molecule has 6 heteroatoms. The van der Waals surface area contributed by atoms with Crippen LogP contribution in [-0.2, 0) is 6.54 Å². The molecule has 0 atom stereocenters. The Kier molecular flexibility index (Phi) is 3.53. The Labute approximate surface area is 104 Å². The number of thiazole rings is 1. The van der Waals surface area contributed by atoms with E-state index in [0.717, 1.165) is 18.1 Å². The molecule has 2 aromatic heterocycles. The molecule has 5 nitrogen and oxygen atoms in total. The molecule has 0 saturated carbocycles. The molecule has 0 bridgehead atoms. The Bertz CT molecular complexity index is 512. The van der Waals surface area contributed by atoms with Gasteiger partial charge in [-0.05, 0) is 13.8 Å². The van der Waals surface area contributed by atoms with Crippen LogP contribution in [0.1, 0.15) is 16.4 Å². The number of nitrogens with zero attached hydrogens (tertiary/aromatic N) is 3. The van der Waals surface area contributed by atoms with Gasteiger partial charge in [-0.3, -0.25) is 0 Å². The summed E-state index contributed by atoms with van der Waals surface area (Å²) >= 11 is 1.63. The number of nitrogens with one attached hydrogen (secondary N) is 1. The van der Waals surface area contributed by atoms with Gasteiger partial charge in [-0.25, -0.2) is 9.97 Å². The highest BCUT2D eigenvalue weighted by atomic mass is 32.1. The Morgan fingerprint density at radius 2 is 2.18 bits per heavy atom. The normalized spacial score (nSPS) is 10.3. The van der Waals surface area contributed by atoms with Gasteiger partial charge in [0.15, 0.2) is 0 Å². The fraction of sp³-hybridized carbons (Fsp3) is 0.364. The number of methoxy groups -OCH3 is 1. The Hall–Kier alpha value is -1.69. The van der Waals surface area contributed by atoms with Crippen LogP contribution < -0.4 is 10.1 Å². The molecule has 0 aliphatic rings. The Morgan fingerprint density at radius 1 is 1.35 bits per heavy atom. The SMILES string of the molecule is COc1cc(NCc2scnc2C)nc(C)n1. The zero-order chi connectivity index (χ0) is 12.3. The molecule has 0 unspecified atom stereocenters. The van der Waals surface area contributed by atoms with E-state index in [1.807, 2.05) is 19.4 Å². The van der Waals surface area contributed by atoms with Crippen LogP contribution in [0.15, 0.2) is 11.6 Å². The van der Waals surface area contributed by atoms with Crippen molar-refractivity contribution in [3.63, 3.8) is 0 Å². The summed E-state index contributed by atoms with van der Waals surface area (Å²) in [5, 5.41) is 3.24. The average molecular weight is 250 g/mol. The van der Waals surface area contributed by atoms with E-state index in [1.165, 1.54) is 4.88 Å². The minimum Gasteiger partial charge on any atom is -0.481 e. The molecular weight excluding hydrogens is 236 g/mol. The summed E-state index contributed by atoms with van der Waals surface area (Å²) in [6, 6.07) is 1.78. The molecule has 90 valence electrons. The first kappa shape index (κ1) is 11.8. The lowest BCUT2D eigenvalue weighted by atomic mass is 10.4. The second-order valence-electron chi connectivity index (χ2n) is 3.56. The van der Waals surface area contributed by atoms with E-state index in [0.29, 0.717) is 11.7 Å². The molecule has 0 amide bonds. The summed E-state index contributed by atoms with van der Waals surface area (Å²) in [4.78, 5) is 13.8.